The summed E-state index contributed by atoms with van der Waals surface area (Å²) >= 11 is 0. The van der Waals surface area contributed by atoms with Gasteiger partial charge in [0, 0.05) is 19.2 Å². The van der Waals surface area contributed by atoms with Crippen LogP contribution < -0.4 is 5.32 Å². The van der Waals surface area contributed by atoms with Gasteiger partial charge in [0.25, 0.3) is 5.91 Å². The first-order chi connectivity index (χ1) is 17.3. The van der Waals surface area contributed by atoms with Gasteiger partial charge in [-0.15, -0.1) is 0 Å². The Bertz CT molecular complexity index is 928. The zero-order valence-corrected chi connectivity index (χ0v) is 21.5. The summed E-state index contributed by atoms with van der Waals surface area (Å²) < 4.78 is 10.6. The van der Waals surface area contributed by atoms with Gasteiger partial charge >= 0.3 is 0 Å². The Morgan fingerprint density at radius 3 is 2.53 bits per heavy atom. The number of Topliss-reactive ketones (excluding diaryl/α,β-unsaturated/α-hetero) is 1. The van der Waals surface area contributed by atoms with Gasteiger partial charge in [-0.1, -0.05) is 26.0 Å². The number of fused-ring (bicyclic) bond motifs is 1. The molecule has 2 N–H and O–H groups in total. The summed E-state index contributed by atoms with van der Waals surface area (Å²) in [6.07, 6.45) is 0.999. The number of hydrogen-bond donors (Lipinski definition) is 2. The lowest BCUT2D eigenvalue weighted by Crippen LogP contribution is -2.52. The fourth-order valence-corrected chi connectivity index (χ4v) is 5.61. The van der Waals surface area contributed by atoms with E-state index < -0.39 is 24.3 Å². The molecule has 4 rings (SSSR count). The van der Waals surface area contributed by atoms with E-state index in [0.717, 1.165) is 39.1 Å². The Balaban J connectivity index is 1.38. The van der Waals surface area contributed by atoms with Crippen molar-refractivity contribution in [3.05, 3.63) is 35.4 Å². The number of methoxy groups -OCH3 is 1. The number of ketones is 1. The summed E-state index contributed by atoms with van der Waals surface area (Å²) in [6.45, 7) is 7.67. The van der Waals surface area contributed by atoms with Gasteiger partial charge in [0.15, 0.2) is 5.78 Å². The zero-order chi connectivity index (χ0) is 25.8. The van der Waals surface area contributed by atoms with Gasteiger partial charge in [0.1, 0.15) is 30.9 Å². The van der Waals surface area contributed by atoms with Gasteiger partial charge in [-0.3, -0.25) is 14.4 Å². The Morgan fingerprint density at radius 2 is 1.89 bits per heavy atom. The standard InChI is InChI=1S/C27H39N3O6/c1-17(2)14-21(27(34)30-15-22(31)25-24(30)23(32)16-36-25)28-26(33)20-6-4-18(5-7-20)19-8-10-29(11-9-19)12-13-35-3/h4-7,17,19,21-22,24-25,31H,8-16H2,1-3H3,(H,28,33)/t21-,22-,24+,25+/m0/s1. The predicted molar refractivity (Wildman–Crippen MR) is 134 cm³/mol. The highest BCUT2D eigenvalue weighted by atomic mass is 16.5. The number of aliphatic hydroxyl groups excluding tert-OH is 1. The van der Waals surface area contributed by atoms with E-state index in [2.05, 4.69) is 10.2 Å². The van der Waals surface area contributed by atoms with Gasteiger partial charge < -0.3 is 29.7 Å². The quantitative estimate of drug-likeness (QED) is 0.523. The Labute approximate surface area is 213 Å². The number of carbonyl (C=O) groups is 3. The average Bonchev–Trinajstić information content (AvgIpc) is 3.42. The van der Waals surface area contributed by atoms with Crippen molar-refractivity contribution in [1.29, 1.82) is 0 Å². The third kappa shape index (κ3) is 5.96. The van der Waals surface area contributed by atoms with Gasteiger partial charge in [-0.05, 0) is 61.9 Å². The molecule has 198 valence electrons. The monoisotopic (exact) mass is 501 g/mol. The molecule has 3 fully saturated rings. The molecule has 3 saturated heterocycles. The van der Waals surface area contributed by atoms with E-state index in [1.807, 2.05) is 38.1 Å². The molecule has 0 unspecified atom stereocenters. The van der Waals surface area contributed by atoms with Crippen LogP contribution >= 0.6 is 0 Å². The molecule has 0 saturated carbocycles. The molecule has 3 aliphatic heterocycles. The lowest BCUT2D eigenvalue weighted by molar-refractivity contribution is -0.138. The number of aliphatic hydroxyl groups is 1. The van der Waals surface area contributed by atoms with Crippen LogP contribution in [0.1, 0.15) is 54.9 Å². The number of β-amino-alcohol motifs (C(OH)–C–C–N with tert-alkyl or cyclic N) is 1. The summed E-state index contributed by atoms with van der Waals surface area (Å²) in [5.41, 5.74) is 1.72. The highest BCUT2D eigenvalue weighted by Gasteiger charge is 2.52. The molecule has 0 radical (unpaired) electrons. The second kappa shape index (κ2) is 11.8. The molecule has 9 heteroatoms. The first kappa shape index (κ1) is 26.7. The minimum atomic E-state index is -0.903. The maximum absolute atomic E-state index is 13.4. The van der Waals surface area contributed by atoms with Crippen LogP contribution in [0.3, 0.4) is 0 Å². The van der Waals surface area contributed by atoms with Crippen molar-refractivity contribution in [3.8, 4) is 0 Å². The Hall–Kier alpha value is -2.33. The second-order valence-corrected chi connectivity index (χ2v) is 10.6. The van der Waals surface area contributed by atoms with E-state index in [4.69, 9.17) is 9.47 Å². The van der Waals surface area contributed by atoms with Crippen molar-refractivity contribution >= 4 is 17.6 Å². The van der Waals surface area contributed by atoms with E-state index in [1.165, 1.54) is 10.5 Å². The summed E-state index contributed by atoms with van der Waals surface area (Å²) in [5.74, 6) is -0.258. The number of amides is 2. The fourth-order valence-electron chi connectivity index (χ4n) is 5.61. The maximum Gasteiger partial charge on any atom is 0.251 e. The molecule has 0 spiro atoms. The van der Waals surface area contributed by atoms with E-state index in [0.29, 0.717) is 17.9 Å². The highest BCUT2D eigenvalue weighted by molar-refractivity contribution is 5.99. The number of nitrogens with zero attached hydrogens (tertiary/aromatic N) is 2. The number of piperidine rings is 1. The van der Waals surface area contributed by atoms with Crippen molar-refractivity contribution in [2.45, 2.75) is 63.3 Å². The highest BCUT2D eigenvalue weighted by Crippen LogP contribution is 2.30. The van der Waals surface area contributed by atoms with Crippen molar-refractivity contribution in [2.24, 2.45) is 5.92 Å². The van der Waals surface area contributed by atoms with E-state index in [1.54, 1.807) is 7.11 Å². The molecule has 0 bridgehead atoms. The van der Waals surface area contributed by atoms with Crippen LogP contribution in [0.2, 0.25) is 0 Å². The summed E-state index contributed by atoms with van der Waals surface area (Å²) in [4.78, 5) is 42.6. The van der Waals surface area contributed by atoms with Crippen LogP contribution in [0.5, 0.6) is 0 Å². The Kier molecular flexibility index (Phi) is 8.77. The number of rotatable bonds is 9. The van der Waals surface area contributed by atoms with Gasteiger partial charge in [0.05, 0.1) is 13.2 Å². The average molecular weight is 502 g/mol. The molecule has 3 heterocycles. The lowest BCUT2D eigenvalue weighted by atomic mass is 9.89. The van der Waals surface area contributed by atoms with Crippen LogP contribution in [-0.4, -0.2) is 103 Å². The van der Waals surface area contributed by atoms with Crippen LogP contribution in [0.15, 0.2) is 24.3 Å². The van der Waals surface area contributed by atoms with Crippen molar-refractivity contribution in [3.63, 3.8) is 0 Å². The molecule has 9 nitrogen and oxygen atoms in total. The van der Waals surface area contributed by atoms with Crippen LogP contribution in [0, 0.1) is 5.92 Å². The van der Waals surface area contributed by atoms with Crippen molar-refractivity contribution in [2.75, 3.05) is 46.5 Å². The number of nitrogens with one attached hydrogen (secondary N) is 1. The van der Waals surface area contributed by atoms with E-state index in [9.17, 15) is 19.5 Å². The minimum absolute atomic E-state index is 0.0311. The predicted octanol–water partition coefficient (Wildman–Crippen LogP) is 1.20. The number of likely N-dealkylation sites (tertiary alicyclic amines) is 2. The molecular formula is C27H39N3O6. The van der Waals surface area contributed by atoms with Crippen LogP contribution in [0.25, 0.3) is 0 Å². The third-order valence-electron chi connectivity index (χ3n) is 7.59. The smallest absolute Gasteiger partial charge is 0.251 e. The number of hydrogen-bond acceptors (Lipinski definition) is 7. The summed E-state index contributed by atoms with van der Waals surface area (Å²) in [7, 11) is 1.73. The molecule has 2 amide bonds. The molecule has 4 atom stereocenters. The summed E-state index contributed by atoms with van der Waals surface area (Å²) in [6, 6.07) is 6.11. The van der Waals surface area contributed by atoms with Gasteiger partial charge in [0.2, 0.25) is 5.91 Å². The largest absolute Gasteiger partial charge is 0.388 e. The number of carbonyl (C=O) groups excluding carboxylic acids is 3. The molecule has 0 aliphatic carbocycles. The van der Waals surface area contributed by atoms with Crippen LogP contribution in [0.4, 0.5) is 0 Å². The third-order valence-corrected chi connectivity index (χ3v) is 7.59. The van der Waals surface area contributed by atoms with Crippen molar-refractivity contribution < 1.29 is 29.0 Å². The molecular weight excluding hydrogens is 462 g/mol. The minimum Gasteiger partial charge on any atom is -0.388 e. The van der Waals surface area contributed by atoms with Gasteiger partial charge in [-0.2, -0.15) is 0 Å². The summed E-state index contributed by atoms with van der Waals surface area (Å²) in [5, 5.41) is 13.2. The zero-order valence-electron chi connectivity index (χ0n) is 21.5. The van der Waals surface area contributed by atoms with E-state index >= 15 is 0 Å². The molecule has 0 aromatic heterocycles. The fraction of sp³-hybridized carbons (Fsp3) is 0.667. The number of benzene rings is 1. The first-order valence-electron chi connectivity index (χ1n) is 13.0. The molecule has 1 aromatic carbocycles. The second-order valence-electron chi connectivity index (χ2n) is 10.6. The SMILES string of the molecule is COCCN1CCC(c2ccc(C(=O)N[C@@H](CC(C)C)C(=O)N3C[C@H](O)[C@H]4OCC(=O)[C@H]43)cc2)CC1. The van der Waals surface area contributed by atoms with Gasteiger partial charge in [-0.25, -0.2) is 0 Å². The molecule has 3 aliphatic rings. The van der Waals surface area contributed by atoms with Crippen molar-refractivity contribution in [1.82, 2.24) is 15.1 Å². The lowest BCUT2D eigenvalue weighted by Gasteiger charge is -2.32. The maximum atomic E-state index is 13.4. The first-order valence-corrected chi connectivity index (χ1v) is 13.0. The Morgan fingerprint density at radius 1 is 1.19 bits per heavy atom. The molecule has 36 heavy (non-hydrogen) atoms. The normalized spacial score (nSPS) is 25.9. The number of ether oxygens (including phenoxy) is 2. The van der Waals surface area contributed by atoms with Crippen LogP contribution in [-0.2, 0) is 19.1 Å². The topological polar surface area (TPSA) is 108 Å². The van der Waals surface area contributed by atoms with E-state index in [-0.39, 0.29) is 36.7 Å². The molecule has 1 aromatic rings.